The van der Waals surface area contributed by atoms with E-state index in [0.717, 1.165) is 50.9 Å². The first kappa shape index (κ1) is 21.5. The van der Waals surface area contributed by atoms with Crippen LogP contribution in [0.2, 0.25) is 0 Å². The smallest absolute Gasteiger partial charge is 0.242 e. The second kappa shape index (κ2) is 11.8. The van der Waals surface area contributed by atoms with E-state index in [1.54, 1.807) is 16.1 Å². The highest BCUT2D eigenvalue weighted by molar-refractivity contribution is 5.84. The third kappa shape index (κ3) is 7.37. The molecule has 1 aliphatic rings. The molecule has 0 saturated carbocycles. The molecule has 1 saturated heterocycles. The molecular formula is C21H34N2O4. The van der Waals surface area contributed by atoms with Crippen LogP contribution in [0, 0.1) is 0 Å². The molecule has 0 aromatic carbocycles. The Morgan fingerprint density at radius 2 is 1.96 bits per heavy atom. The fourth-order valence-corrected chi connectivity index (χ4v) is 3.27. The summed E-state index contributed by atoms with van der Waals surface area (Å²) in [6.07, 6.45) is 7.95. The van der Waals surface area contributed by atoms with E-state index in [1.807, 2.05) is 12.1 Å². The largest absolute Gasteiger partial charge is 0.467 e. The number of carbonyl (C=O) groups is 2. The normalized spacial score (nSPS) is 16.4. The second-order valence-electron chi connectivity index (χ2n) is 7.26. The number of amides is 2. The SMILES string of the molecule is CCCCC(=O)N(CCCC)CC(=O)N(Cc1ccco1)C[C@H]1CCCO1. The van der Waals surface area contributed by atoms with Crippen molar-refractivity contribution in [3.63, 3.8) is 0 Å². The van der Waals surface area contributed by atoms with Gasteiger partial charge in [-0.2, -0.15) is 0 Å². The van der Waals surface area contributed by atoms with Gasteiger partial charge < -0.3 is 19.0 Å². The fraction of sp³-hybridized carbons (Fsp3) is 0.714. The molecule has 6 nitrogen and oxygen atoms in total. The number of rotatable bonds is 12. The molecule has 1 aromatic rings. The Bertz CT molecular complexity index is 553. The zero-order valence-corrected chi connectivity index (χ0v) is 16.8. The van der Waals surface area contributed by atoms with E-state index in [9.17, 15) is 9.59 Å². The minimum absolute atomic E-state index is 0.0390. The van der Waals surface area contributed by atoms with Gasteiger partial charge in [-0.15, -0.1) is 0 Å². The summed E-state index contributed by atoms with van der Waals surface area (Å²) in [6.45, 7) is 6.65. The summed E-state index contributed by atoms with van der Waals surface area (Å²) in [7, 11) is 0. The van der Waals surface area contributed by atoms with Crippen molar-refractivity contribution in [2.45, 2.75) is 71.4 Å². The Morgan fingerprint density at radius 3 is 2.59 bits per heavy atom. The van der Waals surface area contributed by atoms with E-state index in [1.165, 1.54) is 0 Å². The molecule has 2 heterocycles. The van der Waals surface area contributed by atoms with Gasteiger partial charge in [0, 0.05) is 26.1 Å². The summed E-state index contributed by atoms with van der Waals surface area (Å²) in [6, 6.07) is 3.70. The Kier molecular flexibility index (Phi) is 9.39. The number of ether oxygens (including phenoxy) is 1. The van der Waals surface area contributed by atoms with Crippen LogP contribution < -0.4 is 0 Å². The van der Waals surface area contributed by atoms with Crippen molar-refractivity contribution in [1.29, 1.82) is 0 Å². The second-order valence-corrected chi connectivity index (χ2v) is 7.26. The van der Waals surface area contributed by atoms with Gasteiger partial charge in [0.15, 0.2) is 0 Å². The maximum atomic E-state index is 13.0. The highest BCUT2D eigenvalue weighted by Gasteiger charge is 2.26. The van der Waals surface area contributed by atoms with Gasteiger partial charge in [0.25, 0.3) is 0 Å². The van der Waals surface area contributed by atoms with E-state index < -0.39 is 0 Å². The third-order valence-corrected chi connectivity index (χ3v) is 4.93. The first-order chi connectivity index (χ1) is 13.1. The van der Waals surface area contributed by atoms with Gasteiger partial charge >= 0.3 is 0 Å². The van der Waals surface area contributed by atoms with E-state index in [4.69, 9.17) is 9.15 Å². The van der Waals surface area contributed by atoms with E-state index in [0.29, 0.717) is 26.1 Å². The lowest BCUT2D eigenvalue weighted by molar-refractivity contribution is -0.142. The number of nitrogens with zero attached hydrogens (tertiary/aromatic N) is 2. The van der Waals surface area contributed by atoms with Crippen LogP contribution in [-0.2, 0) is 20.9 Å². The molecule has 6 heteroatoms. The van der Waals surface area contributed by atoms with Crippen molar-refractivity contribution in [3.05, 3.63) is 24.2 Å². The molecule has 0 aliphatic carbocycles. The van der Waals surface area contributed by atoms with Crippen molar-refractivity contribution >= 4 is 11.8 Å². The lowest BCUT2D eigenvalue weighted by Gasteiger charge is -2.29. The van der Waals surface area contributed by atoms with Gasteiger partial charge in [-0.25, -0.2) is 0 Å². The average Bonchev–Trinajstić information content (AvgIpc) is 3.36. The van der Waals surface area contributed by atoms with E-state index in [-0.39, 0.29) is 24.5 Å². The quantitative estimate of drug-likeness (QED) is 0.557. The van der Waals surface area contributed by atoms with Crippen LogP contribution in [0.15, 0.2) is 22.8 Å². The maximum Gasteiger partial charge on any atom is 0.242 e. The van der Waals surface area contributed by atoms with Crippen LogP contribution in [0.5, 0.6) is 0 Å². The highest BCUT2D eigenvalue weighted by atomic mass is 16.5. The summed E-state index contributed by atoms with van der Waals surface area (Å²) in [5.41, 5.74) is 0. The molecule has 0 N–H and O–H groups in total. The Balaban J connectivity index is 2.01. The highest BCUT2D eigenvalue weighted by Crippen LogP contribution is 2.16. The molecule has 1 fully saturated rings. The topological polar surface area (TPSA) is 63.0 Å². The standard InChI is InChI=1S/C21H34N2O4/c1-3-5-11-20(24)22(12-6-4-2)17-21(25)23(15-18-9-7-13-26-18)16-19-10-8-14-27-19/h7,9,13,19H,3-6,8,10-12,14-17H2,1-2H3/t19-/m1/s1. The molecule has 1 aromatic heterocycles. The summed E-state index contributed by atoms with van der Waals surface area (Å²) < 4.78 is 11.2. The average molecular weight is 379 g/mol. The van der Waals surface area contributed by atoms with Gasteiger partial charge in [-0.1, -0.05) is 26.7 Å². The van der Waals surface area contributed by atoms with Crippen LogP contribution in [0.1, 0.15) is 64.6 Å². The van der Waals surface area contributed by atoms with Crippen molar-refractivity contribution in [1.82, 2.24) is 9.80 Å². The van der Waals surface area contributed by atoms with Crippen molar-refractivity contribution in [2.24, 2.45) is 0 Å². The summed E-state index contributed by atoms with van der Waals surface area (Å²) in [4.78, 5) is 29.1. The van der Waals surface area contributed by atoms with Crippen molar-refractivity contribution < 1.29 is 18.7 Å². The third-order valence-electron chi connectivity index (χ3n) is 4.93. The number of hydrogen-bond donors (Lipinski definition) is 0. The predicted molar refractivity (Wildman–Crippen MR) is 104 cm³/mol. The van der Waals surface area contributed by atoms with Gasteiger partial charge in [0.1, 0.15) is 5.76 Å². The summed E-state index contributed by atoms with van der Waals surface area (Å²) >= 11 is 0. The minimum atomic E-state index is -0.0390. The van der Waals surface area contributed by atoms with Crippen LogP contribution >= 0.6 is 0 Å². The van der Waals surface area contributed by atoms with Crippen LogP contribution in [0.4, 0.5) is 0 Å². The predicted octanol–water partition coefficient (Wildman–Crippen LogP) is 3.61. The van der Waals surface area contributed by atoms with Gasteiger partial charge in [-0.05, 0) is 37.8 Å². The lowest BCUT2D eigenvalue weighted by atomic mass is 10.2. The monoisotopic (exact) mass is 378 g/mol. The number of furan rings is 1. The minimum Gasteiger partial charge on any atom is -0.467 e. The molecule has 1 aliphatic heterocycles. The molecule has 1 atom stereocenters. The number of hydrogen-bond acceptors (Lipinski definition) is 4. The summed E-state index contributed by atoms with van der Waals surface area (Å²) in [5.74, 6) is 0.787. The molecule has 0 bridgehead atoms. The molecule has 2 rings (SSSR count). The fourth-order valence-electron chi connectivity index (χ4n) is 3.27. The van der Waals surface area contributed by atoms with Crippen molar-refractivity contribution in [3.8, 4) is 0 Å². The first-order valence-corrected chi connectivity index (χ1v) is 10.3. The molecule has 0 spiro atoms. The molecule has 2 amide bonds. The first-order valence-electron chi connectivity index (χ1n) is 10.3. The van der Waals surface area contributed by atoms with Crippen LogP contribution in [-0.4, -0.2) is 54.0 Å². The Labute approximate surface area is 162 Å². The Morgan fingerprint density at radius 1 is 1.15 bits per heavy atom. The van der Waals surface area contributed by atoms with Crippen LogP contribution in [0.3, 0.4) is 0 Å². The number of unbranched alkanes of at least 4 members (excludes halogenated alkanes) is 2. The molecular weight excluding hydrogens is 344 g/mol. The zero-order chi connectivity index (χ0) is 19.5. The maximum absolute atomic E-state index is 13.0. The Hall–Kier alpha value is -1.82. The molecule has 0 radical (unpaired) electrons. The van der Waals surface area contributed by atoms with E-state index >= 15 is 0 Å². The van der Waals surface area contributed by atoms with Gasteiger partial charge in [0.05, 0.1) is 25.5 Å². The molecule has 27 heavy (non-hydrogen) atoms. The number of carbonyl (C=O) groups excluding carboxylic acids is 2. The van der Waals surface area contributed by atoms with Gasteiger partial charge in [-0.3, -0.25) is 9.59 Å². The van der Waals surface area contributed by atoms with E-state index in [2.05, 4.69) is 13.8 Å². The lowest BCUT2D eigenvalue weighted by Crippen LogP contribution is -2.45. The molecule has 152 valence electrons. The van der Waals surface area contributed by atoms with Crippen LogP contribution in [0.25, 0.3) is 0 Å². The summed E-state index contributed by atoms with van der Waals surface area (Å²) in [5, 5.41) is 0. The molecule has 0 unspecified atom stereocenters. The zero-order valence-electron chi connectivity index (χ0n) is 16.8. The van der Waals surface area contributed by atoms with Crippen molar-refractivity contribution in [2.75, 3.05) is 26.2 Å². The van der Waals surface area contributed by atoms with Gasteiger partial charge in [0.2, 0.25) is 11.8 Å².